The molecular formula is C30H31F3N6O7. The van der Waals surface area contributed by atoms with E-state index in [0.29, 0.717) is 0 Å². The summed E-state index contributed by atoms with van der Waals surface area (Å²) < 4.78 is 50.9. The number of aliphatic hydroxyl groups is 4. The third-order valence-corrected chi connectivity index (χ3v) is 8.10. The van der Waals surface area contributed by atoms with Gasteiger partial charge in [-0.05, 0) is 17.5 Å². The number of anilines is 2. The number of hydrogen-bond donors (Lipinski definition) is 5. The van der Waals surface area contributed by atoms with Crippen LogP contribution < -0.4 is 10.2 Å². The second-order valence-corrected chi connectivity index (χ2v) is 11.0. The van der Waals surface area contributed by atoms with Gasteiger partial charge in [-0.3, -0.25) is 4.57 Å². The zero-order valence-corrected chi connectivity index (χ0v) is 24.1. The third kappa shape index (κ3) is 6.09. The molecule has 6 rings (SSSR count). The van der Waals surface area contributed by atoms with E-state index < -0.39 is 55.6 Å². The summed E-state index contributed by atoms with van der Waals surface area (Å²) in [5.74, 6) is -2.69. The predicted molar refractivity (Wildman–Crippen MR) is 155 cm³/mol. The molecule has 0 aliphatic carbocycles. The first-order chi connectivity index (χ1) is 22.1. The summed E-state index contributed by atoms with van der Waals surface area (Å²) in [5, 5.41) is 44.4. The molecule has 244 valence electrons. The Morgan fingerprint density at radius 3 is 2.26 bits per heavy atom. The first-order valence-electron chi connectivity index (χ1n) is 14.5. The van der Waals surface area contributed by atoms with Gasteiger partial charge in [-0.25, -0.2) is 9.78 Å². The second kappa shape index (κ2) is 12.8. The number of hydrogen-bond acceptors (Lipinski definition) is 12. The van der Waals surface area contributed by atoms with Gasteiger partial charge in [-0.15, -0.1) is 0 Å². The second-order valence-electron chi connectivity index (χ2n) is 11.0. The normalized spacial score (nSPS) is 25.0. The van der Waals surface area contributed by atoms with Gasteiger partial charge in [0, 0.05) is 19.0 Å². The highest BCUT2D eigenvalue weighted by molar-refractivity contribution is 5.84. The van der Waals surface area contributed by atoms with Gasteiger partial charge >= 0.3 is 12.1 Å². The van der Waals surface area contributed by atoms with Crippen molar-refractivity contribution in [2.75, 3.05) is 29.9 Å². The summed E-state index contributed by atoms with van der Waals surface area (Å²) in [6.07, 6.45) is -12.5. The summed E-state index contributed by atoms with van der Waals surface area (Å²) in [4.78, 5) is 26.3. The molecule has 13 nitrogen and oxygen atoms in total. The number of carbonyl (C=O) groups is 1. The summed E-state index contributed by atoms with van der Waals surface area (Å²) in [5.41, 5.74) is 2.24. The van der Waals surface area contributed by atoms with Crippen molar-refractivity contribution in [3.8, 4) is 0 Å². The maximum atomic E-state index is 13.1. The molecule has 2 aromatic carbocycles. The van der Waals surface area contributed by atoms with Crippen LogP contribution in [0.1, 0.15) is 29.7 Å². The molecule has 2 aliphatic heterocycles. The van der Waals surface area contributed by atoms with Crippen LogP contribution in [0.2, 0.25) is 0 Å². The molecule has 6 atom stereocenters. The zero-order valence-electron chi connectivity index (χ0n) is 24.1. The van der Waals surface area contributed by atoms with E-state index in [2.05, 4.69) is 25.0 Å². The number of carbonyl (C=O) groups excluding carboxylic acids is 1. The molecule has 1 unspecified atom stereocenters. The Balaban J connectivity index is 1.41. The zero-order chi connectivity index (χ0) is 32.6. The highest BCUT2D eigenvalue weighted by Gasteiger charge is 2.47. The fourth-order valence-electron chi connectivity index (χ4n) is 5.73. The number of imidazole rings is 1. The van der Waals surface area contributed by atoms with E-state index in [-0.39, 0.29) is 48.4 Å². The highest BCUT2D eigenvalue weighted by atomic mass is 19.4. The molecule has 5 N–H and O–H groups in total. The molecular weight excluding hydrogens is 613 g/mol. The molecule has 0 bridgehead atoms. The Morgan fingerprint density at radius 2 is 1.67 bits per heavy atom. The maximum Gasteiger partial charge on any atom is 0.491 e. The number of halogens is 3. The monoisotopic (exact) mass is 644 g/mol. The lowest BCUT2D eigenvalue weighted by molar-refractivity contribution is -0.207. The van der Waals surface area contributed by atoms with Crippen molar-refractivity contribution >= 4 is 28.9 Å². The van der Waals surface area contributed by atoms with Crippen LogP contribution in [0.15, 0.2) is 67.0 Å². The van der Waals surface area contributed by atoms with E-state index in [9.17, 15) is 38.4 Å². The number of aliphatic hydroxyl groups excluding tert-OH is 4. The Bertz CT molecular complexity index is 1620. The van der Waals surface area contributed by atoms with Gasteiger partial charge in [0.1, 0.15) is 24.4 Å². The van der Waals surface area contributed by atoms with Gasteiger partial charge in [-0.2, -0.15) is 23.1 Å². The molecule has 0 spiro atoms. The van der Waals surface area contributed by atoms with Crippen LogP contribution in [0.5, 0.6) is 0 Å². The standard InChI is InChI=1S/C30H31F3N6O7/c31-30(32,33)28(44)46-26-19(41)11-12-38(26)29-36-24(34-13-18(16-7-3-1-4-8-16)17-9-5-2-6-10-17)21-25(37-29)39(15-35-21)27-23(43)22(42)20(14-40)45-27/h1-10,15,18-20,22-23,26-27,40-43H,11-14H2,(H,34,36,37)/t19-,20+,22+,23+,26?,27+/m0/s1. The molecule has 4 aromatic rings. The number of alkyl halides is 3. The highest BCUT2D eigenvalue weighted by Crippen LogP contribution is 2.35. The van der Waals surface area contributed by atoms with E-state index in [0.717, 1.165) is 16.0 Å². The smallest absolute Gasteiger partial charge is 0.432 e. The lowest BCUT2D eigenvalue weighted by Gasteiger charge is -2.27. The van der Waals surface area contributed by atoms with Crippen LogP contribution in [-0.2, 0) is 14.3 Å². The fraction of sp³-hybridized carbons (Fsp3) is 0.400. The molecule has 0 saturated carbocycles. The molecule has 2 fully saturated rings. The molecule has 16 heteroatoms. The van der Waals surface area contributed by atoms with Gasteiger partial charge in [0.15, 0.2) is 23.2 Å². The van der Waals surface area contributed by atoms with E-state index in [1.54, 1.807) is 0 Å². The summed E-state index contributed by atoms with van der Waals surface area (Å²) >= 11 is 0. The molecule has 0 radical (unpaired) electrons. The number of aromatic nitrogens is 4. The summed E-state index contributed by atoms with van der Waals surface area (Å²) in [6.45, 7) is -0.345. The lowest BCUT2D eigenvalue weighted by Crippen LogP contribution is -2.43. The number of nitrogens with zero attached hydrogens (tertiary/aromatic N) is 5. The number of rotatable bonds is 9. The Hall–Kier alpha value is -4.35. The Kier molecular flexibility index (Phi) is 8.80. The molecule has 0 amide bonds. The van der Waals surface area contributed by atoms with E-state index >= 15 is 0 Å². The van der Waals surface area contributed by atoms with Crippen LogP contribution in [-0.4, -0.2) is 102 Å². The number of ether oxygens (including phenoxy) is 2. The van der Waals surface area contributed by atoms with Crippen LogP contribution in [0.3, 0.4) is 0 Å². The Morgan fingerprint density at radius 1 is 1.02 bits per heavy atom. The van der Waals surface area contributed by atoms with Crippen molar-refractivity contribution in [2.45, 2.75) is 55.4 Å². The number of benzene rings is 2. The van der Waals surface area contributed by atoms with Crippen molar-refractivity contribution < 1.29 is 47.9 Å². The summed E-state index contributed by atoms with van der Waals surface area (Å²) in [7, 11) is 0. The minimum Gasteiger partial charge on any atom is -0.432 e. The van der Waals surface area contributed by atoms with Crippen molar-refractivity contribution in [3.63, 3.8) is 0 Å². The van der Waals surface area contributed by atoms with Crippen molar-refractivity contribution in [1.82, 2.24) is 19.5 Å². The molecule has 2 saturated heterocycles. The predicted octanol–water partition coefficient (Wildman–Crippen LogP) is 1.68. The van der Waals surface area contributed by atoms with Gasteiger partial charge < -0.3 is 40.1 Å². The molecule has 2 aromatic heterocycles. The largest absolute Gasteiger partial charge is 0.491 e. The van der Waals surface area contributed by atoms with Crippen LogP contribution in [0.4, 0.5) is 24.9 Å². The maximum absolute atomic E-state index is 13.1. The van der Waals surface area contributed by atoms with Crippen LogP contribution in [0, 0.1) is 0 Å². The third-order valence-electron chi connectivity index (χ3n) is 8.10. The minimum absolute atomic E-state index is 0.0435. The molecule has 2 aliphatic rings. The van der Waals surface area contributed by atoms with Gasteiger partial charge in [0.2, 0.25) is 12.2 Å². The lowest BCUT2D eigenvalue weighted by atomic mass is 9.91. The van der Waals surface area contributed by atoms with Gasteiger partial charge in [0.25, 0.3) is 0 Å². The van der Waals surface area contributed by atoms with Crippen molar-refractivity contribution in [2.24, 2.45) is 0 Å². The van der Waals surface area contributed by atoms with E-state index in [1.807, 2.05) is 60.7 Å². The first kappa shape index (κ1) is 31.6. The number of fused-ring (bicyclic) bond motifs is 1. The first-order valence-corrected chi connectivity index (χ1v) is 14.5. The average molecular weight is 645 g/mol. The number of nitrogens with one attached hydrogen (secondary N) is 1. The van der Waals surface area contributed by atoms with Crippen molar-refractivity contribution in [3.05, 3.63) is 78.1 Å². The number of esters is 1. The quantitative estimate of drug-likeness (QED) is 0.167. The molecule has 4 heterocycles. The molecule has 46 heavy (non-hydrogen) atoms. The fourth-order valence-corrected chi connectivity index (χ4v) is 5.73. The van der Waals surface area contributed by atoms with Crippen LogP contribution in [0.25, 0.3) is 11.2 Å². The van der Waals surface area contributed by atoms with E-state index in [1.165, 1.54) is 10.9 Å². The average Bonchev–Trinajstić information content (AvgIpc) is 3.72. The van der Waals surface area contributed by atoms with Gasteiger partial charge in [0.05, 0.1) is 12.9 Å². The SMILES string of the molecule is O=C(OC1[C@@H](O)CCN1c1nc(NCC(c2ccccc2)c2ccccc2)c2ncn([C@@H]3O[C@H](CO)[C@@H](O)[C@H]3O)c2n1)C(F)(F)F. The Labute approximate surface area is 259 Å². The van der Waals surface area contributed by atoms with Crippen molar-refractivity contribution in [1.29, 1.82) is 0 Å². The van der Waals surface area contributed by atoms with Gasteiger partial charge in [-0.1, -0.05) is 60.7 Å². The minimum atomic E-state index is -5.30. The van der Waals surface area contributed by atoms with E-state index in [4.69, 9.17) is 4.74 Å². The van der Waals surface area contributed by atoms with Crippen LogP contribution >= 0.6 is 0 Å². The summed E-state index contributed by atoms with van der Waals surface area (Å²) in [6, 6.07) is 19.3. The topological polar surface area (TPSA) is 175 Å².